The molecule has 0 bridgehead atoms. The molecule has 46 heavy (non-hydrogen) atoms. The van der Waals surface area contributed by atoms with Crippen LogP contribution in [0.15, 0.2) is 117 Å². The van der Waals surface area contributed by atoms with E-state index < -0.39 is 12.0 Å². The Hall–Kier alpha value is -4.75. The van der Waals surface area contributed by atoms with E-state index in [0.29, 0.717) is 43.5 Å². The van der Waals surface area contributed by atoms with Crippen LogP contribution in [0, 0.1) is 11.3 Å². The van der Waals surface area contributed by atoms with Gasteiger partial charge in [-0.1, -0.05) is 83.6 Å². The largest absolute Gasteiger partial charge is 0.488 e. The minimum atomic E-state index is -0.783. The fourth-order valence-electron chi connectivity index (χ4n) is 5.11. The van der Waals surface area contributed by atoms with Gasteiger partial charge in [0.05, 0.1) is 44.6 Å². The molecule has 4 aromatic carbocycles. The third kappa shape index (κ3) is 6.46. The number of benzene rings is 4. The molecule has 1 atom stereocenters. The van der Waals surface area contributed by atoms with Crippen molar-refractivity contribution in [3.8, 4) is 11.8 Å². The molecule has 0 radical (unpaired) electrons. The number of rotatable bonds is 8. The lowest BCUT2D eigenvalue weighted by Crippen LogP contribution is -2.40. The van der Waals surface area contributed by atoms with Crippen molar-refractivity contribution in [2.45, 2.75) is 19.6 Å². The molecule has 2 heterocycles. The van der Waals surface area contributed by atoms with Gasteiger partial charge in [-0.15, -0.1) is 0 Å². The zero-order chi connectivity index (χ0) is 32.2. The summed E-state index contributed by atoms with van der Waals surface area (Å²) in [7, 11) is 0. The summed E-state index contributed by atoms with van der Waals surface area (Å²) in [6, 6.07) is 30.6. The molecule has 6 rings (SSSR count). The Morgan fingerprint density at radius 2 is 1.80 bits per heavy atom. The molecular weight excluding hydrogens is 686 g/mol. The van der Waals surface area contributed by atoms with Crippen molar-refractivity contribution in [1.29, 1.82) is 5.26 Å². The van der Waals surface area contributed by atoms with Gasteiger partial charge >= 0.3 is 5.97 Å². The van der Waals surface area contributed by atoms with E-state index in [0.717, 1.165) is 21.2 Å². The third-order valence-corrected chi connectivity index (χ3v) is 9.15. The first-order valence-electron chi connectivity index (χ1n) is 14.3. The number of hydrogen-bond acceptors (Lipinski definition) is 7. The number of esters is 1. The molecule has 1 aliphatic heterocycles. The zero-order valence-electron chi connectivity index (χ0n) is 24.4. The van der Waals surface area contributed by atoms with Crippen LogP contribution in [0.2, 0.25) is 5.02 Å². The van der Waals surface area contributed by atoms with Crippen molar-refractivity contribution in [2.24, 2.45) is 4.99 Å². The van der Waals surface area contributed by atoms with Crippen molar-refractivity contribution in [1.82, 2.24) is 4.57 Å². The summed E-state index contributed by atoms with van der Waals surface area (Å²) in [6.45, 7) is 2.25. The van der Waals surface area contributed by atoms with Crippen molar-refractivity contribution in [2.75, 3.05) is 6.61 Å². The summed E-state index contributed by atoms with van der Waals surface area (Å²) in [4.78, 5) is 33.0. The molecule has 0 N–H and O–H groups in total. The predicted octanol–water partition coefficient (Wildman–Crippen LogP) is 6.80. The molecule has 10 heteroatoms. The number of hydrogen-bond donors (Lipinski definition) is 0. The van der Waals surface area contributed by atoms with Crippen LogP contribution in [-0.2, 0) is 16.1 Å². The Morgan fingerprint density at radius 3 is 2.48 bits per heavy atom. The third-order valence-electron chi connectivity index (χ3n) is 7.29. The molecule has 1 aliphatic rings. The maximum Gasteiger partial charge on any atom is 0.338 e. The highest BCUT2D eigenvalue weighted by molar-refractivity contribution is 9.10. The highest BCUT2D eigenvalue weighted by Gasteiger charge is 2.35. The monoisotopic (exact) mass is 709 g/mol. The average Bonchev–Trinajstić information content (AvgIpc) is 3.38. The van der Waals surface area contributed by atoms with Crippen LogP contribution in [0.3, 0.4) is 0 Å². The predicted molar refractivity (Wildman–Crippen MR) is 182 cm³/mol. The minimum Gasteiger partial charge on any atom is -0.488 e. The number of thiazole rings is 1. The first-order valence-corrected chi connectivity index (χ1v) is 16.3. The molecule has 0 amide bonds. The molecule has 0 unspecified atom stereocenters. The second kappa shape index (κ2) is 13.7. The van der Waals surface area contributed by atoms with E-state index in [9.17, 15) is 9.59 Å². The van der Waals surface area contributed by atoms with Gasteiger partial charge in [0.2, 0.25) is 0 Å². The van der Waals surface area contributed by atoms with E-state index in [1.165, 1.54) is 11.3 Å². The van der Waals surface area contributed by atoms with Crippen LogP contribution in [0.5, 0.6) is 5.75 Å². The summed E-state index contributed by atoms with van der Waals surface area (Å²) >= 11 is 11.1. The van der Waals surface area contributed by atoms with E-state index >= 15 is 0 Å². The number of carbonyl (C=O) groups excluding carboxylic acids is 1. The normalized spacial score (nSPS) is 14.3. The van der Waals surface area contributed by atoms with Crippen LogP contribution in [0.1, 0.15) is 40.8 Å². The summed E-state index contributed by atoms with van der Waals surface area (Å²) in [5.41, 5.74) is 4.20. The first kappa shape index (κ1) is 31.2. The van der Waals surface area contributed by atoms with Gasteiger partial charge in [0, 0.05) is 10.6 Å². The zero-order valence-corrected chi connectivity index (χ0v) is 27.6. The highest BCUT2D eigenvalue weighted by atomic mass is 79.9. The lowest BCUT2D eigenvalue weighted by atomic mass is 9.93. The number of halogens is 2. The molecule has 0 spiro atoms. The summed E-state index contributed by atoms with van der Waals surface area (Å²) in [6.07, 6.45) is 1.80. The van der Waals surface area contributed by atoms with E-state index in [-0.39, 0.29) is 17.7 Å². The Kier molecular flexibility index (Phi) is 9.31. The fraction of sp³-hybridized carbons (Fsp3) is 0.111. The lowest BCUT2D eigenvalue weighted by molar-refractivity contribution is -0.138. The molecule has 0 aliphatic carbocycles. The Labute approximate surface area is 282 Å². The molecule has 0 saturated heterocycles. The van der Waals surface area contributed by atoms with Gasteiger partial charge < -0.3 is 9.47 Å². The fourth-order valence-corrected chi connectivity index (χ4v) is 6.75. The van der Waals surface area contributed by atoms with Gasteiger partial charge in [0.1, 0.15) is 12.4 Å². The topological polar surface area (TPSA) is 93.7 Å². The number of nitrogens with zero attached hydrogens (tertiary/aromatic N) is 3. The standard InChI is InChI=1S/C36H25BrClN3O4S/c1-2-44-35(43)31-32(25-6-4-3-5-7-25)40-36-41(33(31)26-13-15-27(38)16-14-26)34(42)30(46-36)19-24-12-17-29(28(37)18-24)45-21-23-10-8-22(20-39)9-11-23/h3-19,33H,2,21H2,1H3/b30-19-/t33-/m1/s1. The van der Waals surface area contributed by atoms with Crippen molar-refractivity contribution >= 4 is 56.6 Å². The van der Waals surface area contributed by atoms with Gasteiger partial charge in [-0.05, 0) is 82.0 Å². The smallest absolute Gasteiger partial charge is 0.338 e. The average molecular weight is 711 g/mol. The number of ether oxygens (including phenoxy) is 2. The maximum atomic E-state index is 14.1. The van der Waals surface area contributed by atoms with Gasteiger partial charge in [0.15, 0.2) is 4.80 Å². The van der Waals surface area contributed by atoms with Crippen LogP contribution in [-0.4, -0.2) is 17.1 Å². The molecule has 1 aromatic heterocycles. The van der Waals surface area contributed by atoms with Crippen molar-refractivity contribution in [3.05, 3.63) is 160 Å². The molecule has 5 aromatic rings. The summed E-state index contributed by atoms with van der Waals surface area (Å²) in [5.74, 6) is 0.0946. The minimum absolute atomic E-state index is 0.171. The Morgan fingerprint density at radius 1 is 1.07 bits per heavy atom. The van der Waals surface area contributed by atoms with E-state index in [1.807, 2.05) is 72.8 Å². The van der Waals surface area contributed by atoms with Gasteiger partial charge in [-0.25, -0.2) is 9.79 Å². The van der Waals surface area contributed by atoms with Crippen LogP contribution in [0.25, 0.3) is 11.8 Å². The van der Waals surface area contributed by atoms with Crippen molar-refractivity contribution < 1.29 is 14.3 Å². The molecule has 0 saturated carbocycles. The van der Waals surface area contributed by atoms with Crippen LogP contribution >= 0.6 is 38.9 Å². The lowest BCUT2D eigenvalue weighted by Gasteiger charge is -2.25. The SMILES string of the molecule is CCOC(=O)C1=C(c2ccccc2)N=c2s/c(=C\c3ccc(OCc4ccc(C#N)cc4)c(Br)c3)c(=O)n2[C@@H]1c1ccc(Cl)cc1. The van der Waals surface area contributed by atoms with Crippen molar-refractivity contribution in [3.63, 3.8) is 0 Å². The Bertz CT molecular complexity index is 2190. The second-order valence-corrected chi connectivity index (χ2v) is 12.6. The first-order chi connectivity index (χ1) is 22.4. The van der Waals surface area contributed by atoms with E-state index in [2.05, 4.69) is 22.0 Å². The molecule has 7 nitrogen and oxygen atoms in total. The van der Waals surface area contributed by atoms with Crippen LogP contribution in [0.4, 0.5) is 0 Å². The molecule has 228 valence electrons. The molecular formula is C36H25BrClN3O4S. The summed E-state index contributed by atoms with van der Waals surface area (Å²) in [5, 5.41) is 9.55. The summed E-state index contributed by atoms with van der Waals surface area (Å²) < 4.78 is 14.2. The quantitative estimate of drug-likeness (QED) is 0.165. The van der Waals surface area contributed by atoms with Gasteiger partial charge in [-0.3, -0.25) is 9.36 Å². The van der Waals surface area contributed by atoms with Crippen LogP contribution < -0.4 is 19.6 Å². The van der Waals surface area contributed by atoms with Gasteiger partial charge in [-0.2, -0.15) is 5.26 Å². The Balaban J connectivity index is 1.43. The molecule has 0 fully saturated rings. The van der Waals surface area contributed by atoms with E-state index in [4.69, 9.17) is 31.3 Å². The number of aromatic nitrogens is 1. The maximum absolute atomic E-state index is 14.1. The highest BCUT2D eigenvalue weighted by Crippen LogP contribution is 2.35. The van der Waals surface area contributed by atoms with Gasteiger partial charge in [0.25, 0.3) is 5.56 Å². The number of fused-ring (bicyclic) bond motifs is 1. The number of nitriles is 1. The number of carbonyl (C=O) groups is 1. The second-order valence-electron chi connectivity index (χ2n) is 10.3. The van der Waals surface area contributed by atoms with E-state index in [1.54, 1.807) is 41.8 Å².